The van der Waals surface area contributed by atoms with Gasteiger partial charge >= 0.3 is 5.69 Å². The summed E-state index contributed by atoms with van der Waals surface area (Å²) in [5.41, 5.74) is 7.09. The first kappa shape index (κ1) is 23.9. The topological polar surface area (TPSA) is 91.5 Å². The molecule has 3 aromatic rings. The van der Waals surface area contributed by atoms with Crippen molar-refractivity contribution in [1.29, 1.82) is 5.26 Å². The Morgan fingerprint density at radius 3 is 2.36 bits per heavy atom. The maximum absolute atomic E-state index is 12.3. The second-order valence-electron chi connectivity index (χ2n) is 8.74. The second kappa shape index (κ2) is 9.83. The number of nitriles is 1. The fourth-order valence-electron chi connectivity index (χ4n) is 4.19. The molecule has 0 fully saturated rings. The highest BCUT2D eigenvalue weighted by molar-refractivity contribution is 5.70. The van der Waals surface area contributed by atoms with Gasteiger partial charge < -0.3 is 0 Å². The summed E-state index contributed by atoms with van der Waals surface area (Å²) in [6, 6.07) is 12.1. The molecule has 0 amide bonds. The minimum Gasteiger partial charge on any atom is -0.270 e. The zero-order chi connectivity index (χ0) is 24.3. The first-order chi connectivity index (χ1) is 15.7. The van der Waals surface area contributed by atoms with Crippen LogP contribution in [-0.4, -0.2) is 14.8 Å². The number of hydrogen-bond donors (Lipinski definition) is 1. The molecule has 2 aromatic carbocycles. The van der Waals surface area contributed by atoms with E-state index < -0.39 is 11.2 Å². The molecule has 33 heavy (non-hydrogen) atoms. The van der Waals surface area contributed by atoms with Crippen molar-refractivity contribution in [2.75, 3.05) is 0 Å². The first-order valence-electron chi connectivity index (χ1n) is 11.2. The Balaban J connectivity index is 2.03. The SMILES string of the molecule is CC/C=C(\c1cc(Cc2c(C)cc(-n3nc(C#N)c(=O)[nH]c3=O)cc2C)ccc1C)C(C)C. The van der Waals surface area contributed by atoms with Gasteiger partial charge in [0.1, 0.15) is 6.07 Å². The van der Waals surface area contributed by atoms with E-state index in [2.05, 4.69) is 62.1 Å². The van der Waals surface area contributed by atoms with Crippen LogP contribution < -0.4 is 11.2 Å². The van der Waals surface area contributed by atoms with E-state index in [4.69, 9.17) is 5.26 Å². The van der Waals surface area contributed by atoms with E-state index in [0.29, 0.717) is 11.6 Å². The number of aryl methyl sites for hydroxylation is 3. The van der Waals surface area contributed by atoms with Crippen LogP contribution in [0.15, 0.2) is 46.0 Å². The standard InChI is InChI=1S/C27H30N4O2/c1-7-8-22(16(2)3)24-14-20(10-9-17(24)4)13-23-18(5)11-21(12-19(23)6)31-27(33)29-26(32)25(15-28)30-31/h8-12,14,16H,7,13H2,1-6H3,(H,29,32,33)/b22-8-. The average Bonchev–Trinajstić information content (AvgIpc) is 2.75. The summed E-state index contributed by atoms with van der Waals surface area (Å²) in [7, 11) is 0. The van der Waals surface area contributed by atoms with Gasteiger partial charge in [0.25, 0.3) is 5.56 Å². The lowest BCUT2D eigenvalue weighted by molar-refractivity contribution is 0.738. The Labute approximate surface area is 194 Å². The van der Waals surface area contributed by atoms with Gasteiger partial charge in [-0.3, -0.25) is 9.78 Å². The third-order valence-corrected chi connectivity index (χ3v) is 5.90. The highest BCUT2D eigenvalue weighted by Gasteiger charge is 2.14. The highest BCUT2D eigenvalue weighted by Crippen LogP contribution is 2.29. The Morgan fingerprint density at radius 1 is 1.12 bits per heavy atom. The maximum atomic E-state index is 12.3. The number of nitrogens with zero attached hydrogens (tertiary/aromatic N) is 3. The zero-order valence-corrected chi connectivity index (χ0v) is 20.1. The van der Waals surface area contributed by atoms with Crippen LogP contribution in [0.5, 0.6) is 0 Å². The normalized spacial score (nSPS) is 11.6. The first-order valence-corrected chi connectivity index (χ1v) is 11.2. The van der Waals surface area contributed by atoms with E-state index in [-0.39, 0.29) is 5.69 Å². The third-order valence-electron chi connectivity index (χ3n) is 5.90. The summed E-state index contributed by atoms with van der Waals surface area (Å²) in [5.74, 6) is 0.447. The molecule has 1 N–H and O–H groups in total. The molecule has 0 bridgehead atoms. The van der Waals surface area contributed by atoms with E-state index >= 15 is 0 Å². The van der Waals surface area contributed by atoms with Crippen LogP contribution in [-0.2, 0) is 6.42 Å². The Hall–Kier alpha value is -3.72. The van der Waals surface area contributed by atoms with E-state index in [1.54, 1.807) is 6.07 Å². The molecule has 0 saturated carbocycles. The van der Waals surface area contributed by atoms with Gasteiger partial charge in [-0.1, -0.05) is 45.0 Å². The monoisotopic (exact) mass is 442 g/mol. The molecule has 6 heteroatoms. The average molecular weight is 443 g/mol. The molecule has 0 aliphatic heterocycles. The summed E-state index contributed by atoms with van der Waals surface area (Å²) in [5, 5.41) is 13.0. The van der Waals surface area contributed by atoms with Crippen molar-refractivity contribution >= 4 is 5.57 Å². The molecular formula is C27H30N4O2. The van der Waals surface area contributed by atoms with Crippen molar-refractivity contribution in [1.82, 2.24) is 14.8 Å². The summed E-state index contributed by atoms with van der Waals surface area (Å²) >= 11 is 0. The lowest BCUT2D eigenvalue weighted by Gasteiger charge is -2.18. The smallest absolute Gasteiger partial charge is 0.270 e. The van der Waals surface area contributed by atoms with Crippen molar-refractivity contribution in [2.24, 2.45) is 5.92 Å². The van der Waals surface area contributed by atoms with Crippen LogP contribution in [0.2, 0.25) is 0 Å². The summed E-state index contributed by atoms with van der Waals surface area (Å²) in [6.45, 7) is 12.8. The van der Waals surface area contributed by atoms with Crippen LogP contribution in [0, 0.1) is 38.0 Å². The van der Waals surface area contributed by atoms with Crippen molar-refractivity contribution in [3.05, 3.63) is 96.3 Å². The number of benzene rings is 2. The fourth-order valence-corrected chi connectivity index (χ4v) is 4.19. The van der Waals surface area contributed by atoms with Crippen LogP contribution >= 0.6 is 0 Å². The zero-order valence-electron chi connectivity index (χ0n) is 20.1. The molecule has 0 radical (unpaired) electrons. The second-order valence-corrected chi connectivity index (χ2v) is 8.74. The molecule has 0 spiro atoms. The largest absolute Gasteiger partial charge is 0.349 e. The number of H-pyrrole nitrogens is 1. The molecule has 0 atom stereocenters. The van der Waals surface area contributed by atoms with E-state index in [1.165, 1.54) is 27.8 Å². The third kappa shape index (κ3) is 5.04. The Bertz CT molecular complexity index is 1360. The number of allylic oxidation sites excluding steroid dienone is 2. The van der Waals surface area contributed by atoms with E-state index in [0.717, 1.165) is 28.7 Å². The summed E-state index contributed by atoms with van der Waals surface area (Å²) < 4.78 is 1.07. The van der Waals surface area contributed by atoms with Gasteiger partial charge in [-0.2, -0.15) is 9.94 Å². The van der Waals surface area contributed by atoms with E-state index in [9.17, 15) is 9.59 Å². The quantitative estimate of drug-likeness (QED) is 0.596. The molecule has 3 rings (SSSR count). The van der Waals surface area contributed by atoms with Gasteiger partial charge in [0.2, 0.25) is 5.69 Å². The van der Waals surface area contributed by atoms with Crippen molar-refractivity contribution in [3.63, 3.8) is 0 Å². The van der Waals surface area contributed by atoms with Crippen LogP contribution in [0.3, 0.4) is 0 Å². The molecule has 0 saturated heterocycles. The molecule has 1 heterocycles. The molecule has 170 valence electrons. The number of nitrogens with one attached hydrogen (secondary N) is 1. The highest BCUT2D eigenvalue weighted by atomic mass is 16.2. The molecule has 0 unspecified atom stereocenters. The number of hydrogen-bond acceptors (Lipinski definition) is 4. The predicted octanol–water partition coefficient (Wildman–Crippen LogP) is 4.76. The van der Waals surface area contributed by atoms with Crippen LogP contribution in [0.4, 0.5) is 0 Å². The fraction of sp³-hybridized carbons (Fsp3) is 0.333. The van der Waals surface area contributed by atoms with E-state index in [1.807, 2.05) is 26.0 Å². The van der Waals surface area contributed by atoms with Crippen molar-refractivity contribution in [2.45, 2.75) is 54.4 Å². The lowest BCUT2D eigenvalue weighted by Crippen LogP contribution is -2.33. The lowest BCUT2D eigenvalue weighted by atomic mass is 9.88. The van der Waals surface area contributed by atoms with Crippen molar-refractivity contribution in [3.8, 4) is 11.8 Å². The van der Waals surface area contributed by atoms with Gasteiger partial charge in [0.15, 0.2) is 0 Å². The van der Waals surface area contributed by atoms with Gasteiger partial charge in [-0.05, 0) is 90.6 Å². The molecular weight excluding hydrogens is 412 g/mol. The Morgan fingerprint density at radius 2 is 1.79 bits per heavy atom. The summed E-state index contributed by atoms with van der Waals surface area (Å²) in [6.07, 6.45) is 4.08. The van der Waals surface area contributed by atoms with Gasteiger partial charge in [-0.25, -0.2) is 4.79 Å². The molecule has 6 nitrogen and oxygen atoms in total. The minimum atomic E-state index is -0.781. The predicted molar refractivity (Wildman–Crippen MR) is 132 cm³/mol. The van der Waals surface area contributed by atoms with Crippen molar-refractivity contribution < 1.29 is 0 Å². The van der Waals surface area contributed by atoms with Gasteiger partial charge in [-0.15, -0.1) is 5.10 Å². The Kier molecular flexibility index (Phi) is 7.13. The number of aromatic amines is 1. The van der Waals surface area contributed by atoms with Gasteiger partial charge in [0, 0.05) is 0 Å². The van der Waals surface area contributed by atoms with Crippen LogP contribution in [0.25, 0.3) is 11.3 Å². The minimum absolute atomic E-state index is 0.345. The number of rotatable bonds is 6. The molecule has 1 aromatic heterocycles. The molecule has 0 aliphatic carbocycles. The van der Waals surface area contributed by atoms with Gasteiger partial charge in [0.05, 0.1) is 5.69 Å². The molecule has 0 aliphatic rings. The number of aromatic nitrogens is 3. The summed E-state index contributed by atoms with van der Waals surface area (Å²) in [4.78, 5) is 26.1. The van der Waals surface area contributed by atoms with Crippen LogP contribution in [0.1, 0.15) is 66.3 Å². The maximum Gasteiger partial charge on any atom is 0.349 e.